The van der Waals surface area contributed by atoms with Crippen molar-refractivity contribution >= 4 is 0 Å². The first kappa shape index (κ1) is 15.5. The summed E-state index contributed by atoms with van der Waals surface area (Å²) in [7, 11) is 7.77. The lowest BCUT2D eigenvalue weighted by Gasteiger charge is -2.20. The molecule has 0 saturated carbocycles. The van der Waals surface area contributed by atoms with Crippen molar-refractivity contribution in [3.05, 3.63) is 47.8 Å². The number of nitrogens with zero attached hydrogens (tertiary/aromatic N) is 3. The van der Waals surface area contributed by atoms with E-state index in [9.17, 15) is 0 Å². The summed E-state index contributed by atoms with van der Waals surface area (Å²) in [6, 6.07) is 10.4. The molecule has 114 valence electrons. The van der Waals surface area contributed by atoms with Gasteiger partial charge in [0.15, 0.2) is 5.75 Å². The molecule has 2 rings (SSSR count). The molecule has 21 heavy (non-hydrogen) atoms. The number of ether oxygens (including phenoxy) is 1. The molecule has 1 heterocycles. The van der Waals surface area contributed by atoms with Crippen molar-refractivity contribution in [2.24, 2.45) is 0 Å². The van der Waals surface area contributed by atoms with E-state index < -0.39 is 0 Å². The van der Waals surface area contributed by atoms with E-state index in [1.165, 1.54) is 5.56 Å². The minimum absolute atomic E-state index is 0.0609. The highest BCUT2D eigenvalue weighted by Crippen LogP contribution is 2.29. The van der Waals surface area contributed by atoms with E-state index in [1.54, 1.807) is 13.3 Å². The van der Waals surface area contributed by atoms with Crippen LogP contribution >= 0.6 is 0 Å². The summed E-state index contributed by atoms with van der Waals surface area (Å²) in [6.07, 6.45) is 1.79. The number of hydrogen-bond donors (Lipinski definition) is 1. The van der Waals surface area contributed by atoms with Crippen molar-refractivity contribution in [1.82, 2.24) is 20.0 Å². The minimum Gasteiger partial charge on any atom is -0.493 e. The molecule has 0 amide bonds. The second-order valence-corrected chi connectivity index (χ2v) is 5.26. The van der Waals surface area contributed by atoms with Gasteiger partial charge in [-0.3, -0.25) is 4.68 Å². The van der Waals surface area contributed by atoms with Crippen LogP contribution in [0.15, 0.2) is 36.5 Å². The smallest absolute Gasteiger partial charge is 0.161 e. The Kier molecular flexibility index (Phi) is 5.36. The van der Waals surface area contributed by atoms with Crippen LogP contribution in [0.1, 0.15) is 17.3 Å². The van der Waals surface area contributed by atoms with Crippen molar-refractivity contribution in [1.29, 1.82) is 0 Å². The van der Waals surface area contributed by atoms with Crippen molar-refractivity contribution in [2.75, 3.05) is 34.8 Å². The van der Waals surface area contributed by atoms with Crippen molar-refractivity contribution in [3.8, 4) is 5.75 Å². The van der Waals surface area contributed by atoms with E-state index in [2.05, 4.69) is 41.5 Å². The largest absolute Gasteiger partial charge is 0.493 e. The first-order chi connectivity index (χ1) is 10.2. The summed E-state index contributed by atoms with van der Waals surface area (Å²) in [5.41, 5.74) is 2.26. The Balaban J connectivity index is 2.37. The third kappa shape index (κ3) is 3.62. The van der Waals surface area contributed by atoms with Crippen molar-refractivity contribution in [3.63, 3.8) is 0 Å². The SMILES string of the molecule is CNC(c1ccccc1)c1c(OC)cnn1CCN(C)C. The zero-order valence-corrected chi connectivity index (χ0v) is 13.2. The van der Waals surface area contributed by atoms with Crippen LogP contribution in [0, 0.1) is 0 Å². The number of methoxy groups -OCH3 is 1. The second-order valence-electron chi connectivity index (χ2n) is 5.26. The van der Waals surface area contributed by atoms with Crippen LogP contribution in [0.2, 0.25) is 0 Å². The highest BCUT2D eigenvalue weighted by Gasteiger charge is 2.22. The molecular formula is C16H24N4O. The molecule has 0 spiro atoms. The Morgan fingerprint density at radius 1 is 1.29 bits per heavy atom. The van der Waals surface area contributed by atoms with Gasteiger partial charge in [-0.25, -0.2) is 0 Å². The maximum Gasteiger partial charge on any atom is 0.161 e. The summed E-state index contributed by atoms with van der Waals surface area (Å²) in [4.78, 5) is 2.15. The van der Waals surface area contributed by atoms with Crippen LogP contribution in [0.4, 0.5) is 0 Å². The average Bonchev–Trinajstić information content (AvgIpc) is 2.90. The third-order valence-electron chi connectivity index (χ3n) is 3.52. The zero-order chi connectivity index (χ0) is 15.2. The monoisotopic (exact) mass is 288 g/mol. The fraction of sp³-hybridized carbons (Fsp3) is 0.438. The molecule has 0 radical (unpaired) electrons. The molecule has 0 fully saturated rings. The summed E-state index contributed by atoms with van der Waals surface area (Å²) in [6.45, 7) is 1.76. The molecule has 5 heteroatoms. The molecule has 0 bridgehead atoms. The van der Waals surface area contributed by atoms with E-state index in [-0.39, 0.29) is 6.04 Å². The van der Waals surface area contributed by atoms with Crippen LogP contribution in [0.25, 0.3) is 0 Å². The number of benzene rings is 1. The van der Waals surface area contributed by atoms with Gasteiger partial charge < -0.3 is 15.0 Å². The second kappa shape index (κ2) is 7.24. The Morgan fingerprint density at radius 2 is 2.00 bits per heavy atom. The molecule has 1 unspecified atom stereocenters. The number of hydrogen-bond acceptors (Lipinski definition) is 4. The van der Waals surface area contributed by atoms with Gasteiger partial charge in [-0.2, -0.15) is 5.10 Å². The van der Waals surface area contributed by atoms with E-state index in [0.717, 1.165) is 24.5 Å². The van der Waals surface area contributed by atoms with Gasteiger partial charge in [0.2, 0.25) is 0 Å². The summed E-state index contributed by atoms with van der Waals surface area (Å²) in [5, 5.41) is 7.85. The predicted octanol–water partition coefficient (Wildman–Crippen LogP) is 1.76. The van der Waals surface area contributed by atoms with Gasteiger partial charge in [0.25, 0.3) is 0 Å². The van der Waals surface area contributed by atoms with Crippen LogP contribution < -0.4 is 10.1 Å². The van der Waals surface area contributed by atoms with Gasteiger partial charge >= 0.3 is 0 Å². The fourth-order valence-electron chi connectivity index (χ4n) is 2.41. The van der Waals surface area contributed by atoms with E-state index in [0.29, 0.717) is 0 Å². The molecular weight excluding hydrogens is 264 g/mol. The molecule has 1 aromatic heterocycles. The maximum atomic E-state index is 5.50. The molecule has 1 atom stereocenters. The van der Waals surface area contributed by atoms with Gasteiger partial charge in [0, 0.05) is 6.54 Å². The highest BCUT2D eigenvalue weighted by atomic mass is 16.5. The van der Waals surface area contributed by atoms with E-state index in [4.69, 9.17) is 4.74 Å². The van der Waals surface area contributed by atoms with Gasteiger partial charge in [0.1, 0.15) is 5.69 Å². The number of aromatic nitrogens is 2. The van der Waals surface area contributed by atoms with Crippen LogP contribution in [0.3, 0.4) is 0 Å². The normalized spacial score (nSPS) is 12.6. The summed E-state index contributed by atoms with van der Waals surface area (Å²) in [5.74, 6) is 0.817. The van der Waals surface area contributed by atoms with Crippen LogP contribution in [-0.4, -0.2) is 49.5 Å². The maximum absolute atomic E-state index is 5.50. The standard InChI is InChI=1S/C16H24N4O/c1-17-15(13-8-6-5-7-9-13)16-14(21-4)12-18-20(16)11-10-19(2)3/h5-9,12,15,17H,10-11H2,1-4H3. The Labute approximate surface area is 126 Å². The third-order valence-corrected chi connectivity index (χ3v) is 3.52. The molecule has 0 aliphatic carbocycles. The molecule has 2 aromatic rings. The first-order valence-corrected chi connectivity index (χ1v) is 7.14. The zero-order valence-electron chi connectivity index (χ0n) is 13.2. The Bertz CT molecular complexity index is 551. The molecule has 1 N–H and O–H groups in total. The van der Waals surface area contributed by atoms with Crippen molar-refractivity contribution < 1.29 is 4.74 Å². The van der Waals surface area contributed by atoms with E-state index >= 15 is 0 Å². The lowest BCUT2D eigenvalue weighted by Crippen LogP contribution is -2.25. The average molecular weight is 288 g/mol. The van der Waals surface area contributed by atoms with Crippen molar-refractivity contribution in [2.45, 2.75) is 12.6 Å². The molecule has 5 nitrogen and oxygen atoms in total. The lowest BCUT2D eigenvalue weighted by molar-refractivity contribution is 0.361. The Morgan fingerprint density at radius 3 is 2.57 bits per heavy atom. The number of nitrogens with one attached hydrogen (secondary N) is 1. The fourth-order valence-corrected chi connectivity index (χ4v) is 2.41. The highest BCUT2D eigenvalue weighted by molar-refractivity contribution is 5.36. The molecule has 0 aliphatic heterocycles. The topological polar surface area (TPSA) is 42.3 Å². The van der Waals surface area contributed by atoms with Gasteiger partial charge in [0.05, 0.1) is 25.9 Å². The number of likely N-dealkylation sites (N-methyl/N-ethyl adjacent to an activating group) is 1. The Hall–Kier alpha value is -1.85. The minimum atomic E-state index is 0.0609. The van der Waals surface area contributed by atoms with Crippen LogP contribution in [-0.2, 0) is 6.54 Å². The number of rotatable bonds is 7. The van der Waals surface area contributed by atoms with Crippen LogP contribution in [0.5, 0.6) is 5.75 Å². The van der Waals surface area contributed by atoms with Gasteiger partial charge in [-0.15, -0.1) is 0 Å². The predicted molar refractivity (Wildman–Crippen MR) is 84.7 cm³/mol. The summed E-state index contributed by atoms with van der Waals surface area (Å²) >= 11 is 0. The lowest BCUT2D eigenvalue weighted by atomic mass is 10.0. The first-order valence-electron chi connectivity index (χ1n) is 7.14. The van der Waals surface area contributed by atoms with Gasteiger partial charge in [-0.05, 0) is 26.7 Å². The molecule has 0 aliphatic rings. The van der Waals surface area contributed by atoms with Gasteiger partial charge in [-0.1, -0.05) is 30.3 Å². The quantitative estimate of drug-likeness (QED) is 0.843. The molecule has 1 aromatic carbocycles. The summed E-state index contributed by atoms with van der Waals surface area (Å²) < 4.78 is 7.52. The van der Waals surface area contributed by atoms with E-state index in [1.807, 2.05) is 29.9 Å². The molecule has 0 saturated heterocycles.